The molecule has 0 bridgehead atoms. The van der Waals surface area contributed by atoms with Crippen LogP contribution in [0.15, 0.2) is 54.6 Å². The first-order valence-electron chi connectivity index (χ1n) is 7.14. The Labute approximate surface area is 143 Å². The number of nitrogens with zero attached hydrogens (tertiary/aromatic N) is 2. The molecule has 120 valence electrons. The lowest BCUT2D eigenvalue weighted by Crippen LogP contribution is -2.06. The second-order valence-electron chi connectivity index (χ2n) is 5.14. The van der Waals surface area contributed by atoms with Crippen LogP contribution in [0.3, 0.4) is 0 Å². The number of halogens is 2. The van der Waals surface area contributed by atoms with Crippen molar-refractivity contribution in [3.05, 3.63) is 76.7 Å². The zero-order chi connectivity index (χ0) is 17.1. The Balaban J connectivity index is 2.02. The molecule has 6 heteroatoms. The van der Waals surface area contributed by atoms with Gasteiger partial charge in [0.2, 0.25) is 5.88 Å². The van der Waals surface area contributed by atoms with Crippen molar-refractivity contribution in [1.82, 2.24) is 4.57 Å². The van der Waals surface area contributed by atoms with Crippen molar-refractivity contribution in [3.8, 4) is 17.7 Å². The predicted octanol–water partition coefficient (Wildman–Crippen LogP) is 4.58. The third-order valence-corrected chi connectivity index (χ3v) is 3.72. The van der Waals surface area contributed by atoms with E-state index >= 15 is 0 Å². The molecule has 4 nitrogen and oxygen atoms in total. The fourth-order valence-electron chi connectivity index (χ4n) is 2.35. The lowest BCUT2D eigenvalue weighted by atomic mass is 10.2. The van der Waals surface area contributed by atoms with Gasteiger partial charge in [0.05, 0.1) is 12.2 Å². The summed E-state index contributed by atoms with van der Waals surface area (Å²) in [6.45, 7) is 0.128. The molecule has 0 aliphatic carbocycles. The summed E-state index contributed by atoms with van der Waals surface area (Å²) >= 11 is 5.95. The van der Waals surface area contributed by atoms with Crippen molar-refractivity contribution in [2.24, 2.45) is 0 Å². The van der Waals surface area contributed by atoms with Gasteiger partial charge in [0.1, 0.15) is 23.3 Å². The quantitative estimate of drug-likeness (QED) is 0.755. The lowest BCUT2D eigenvalue weighted by molar-refractivity contribution is 0.435. The van der Waals surface area contributed by atoms with Gasteiger partial charge in [0.25, 0.3) is 0 Å². The number of nitrogens with two attached hydrogens (primary N) is 1. The SMILES string of the molecule is N#Cc1cc(N)c(Oc2cccc(Cl)c2)n1Cc1ccccc1F. The van der Waals surface area contributed by atoms with E-state index in [0.717, 1.165) is 0 Å². The monoisotopic (exact) mass is 341 g/mol. The third kappa shape index (κ3) is 3.19. The smallest absolute Gasteiger partial charge is 0.224 e. The van der Waals surface area contributed by atoms with Crippen LogP contribution in [0, 0.1) is 17.1 Å². The van der Waals surface area contributed by atoms with Gasteiger partial charge in [-0.3, -0.25) is 4.57 Å². The summed E-state index contributed by atoms with van der Waals surface area (Å²) < 4.78 is 21.3. The molecule has 2 N–H and O–H groups in total. The number of ether oxygens (including phenoxy) is 1. The van der Waals surface area contributed by atoms with Gasteiger partial charge in [-0.2, -0.15) is 5.26 Å². The van der Waals surface area contributed by atoms with E-state index in [0.29, 0.717) is 22.0 Å². The van der Waals surface area contributed by atoms with E-state index < -0.39 is 0 Å². The van der Waals surface area contributed by atoms with Crippen LogP contribution in [-0.2, 0) is 6.54 Å². The molecule has 0 amide bonds. The van der Waals surface area contributed by atoms with Gasteiger partial charge in [-0.1, -0.05) is 35.9 Å². The lowest BCUT2D eigenvalue weighted by Gasteiger charge is -2.13. The highest BCUT2D eigenvalue weighted by atomic mass is 35.5. The molecule has 0 aliphatic heterocycles. The van der Waals surface area contributed by atoms with Gasteiger partial charge in [-0.15, -0.1) is 0 Å². The summed E-state index contributed by atoms with van der Waals surface area (Å²) in [7, 11) is 0. The molecule has 1 aromatic heterocycles. The van der Waals surface area contributed by atoms with Crippen LogP contribution < -0.4 is 10.5 Å². The Bertz CT molecular complexity index is 930. The van der Waals surface area contributed by atoms with E-state index in [9.17, 15) is 9.65 Å². The van der Waals surface area contributed by atoms with Crippen LogP contribution in [0.2, 0.25) is 5.02 Å². The summed E-state index contributed by atoms with van der Waals surface area (Å²) in [5.74, 6) is 0.394. The maximum Gasteiger partial charge on any atom is 0.224 e. The summed E-state index contributed by atoms with van der Waals surface area (Å²) in [6.07, 6.45) is 0. The molecular formula is C18H13ClFN3O. The third-order valence-electron chi connectivity index (χ3n) is 3.49. The first-order valence-corrected chi connectivity index (χ1v) is 7.52. The molecule has 0 radical (unpaired) electrons. The van der Waals surface area contributed by atoms with E-state index in [1.807, 2.05) is 6.07 Å². The minimum absolute atomic E-state index is 0.128. The van der Waals surface area contributed by atoms with Crippen molar-refractivity contribution in [2.75, 3.05) is 5.73 Å². The van der Waals surface area contributed by atoms with Crippen LogP contribution >= 0.6 is 11.6 Å². The second-order valence-corrected chi connectivity index (χ2v) is 5.58. The van der Waals surface area contributed by atoms with E-state index in [-0.39, 0.29) is 23.9 Å². The van der Waals surface area contributed by atoms with E-state index in [2.05, 4.69) is 0 Å². The van der Waals surface area contributed by atoms with Crippen molar-refractivity contribution in [1.29, 1.82) is 5.26 Å². The van der Waals surface area contributed by atoms with Crippen LogP contribution in [0.5, 0.6) is 11.6 Å². The highest BCUT2D eigenvalue weighted by molar-refractivity contribution is 6.30. The molecule has 0 aliphatic rings. The molecule has 24 heavy (non-hydrogen) atoms. The molecular weight excluding hydrogens is 329 g/mol. The van der Waals surface area contributed by atoms with Gasteiger partial charge in [0.15, 0.2) is 0 Å². The van der Waals surface area contributed by atoms with E-state index in [4.69, 9.17) is 22.1 Å². The van der Waals surface area contributed by atoms with Gasteiger partial charge in [-0.05, 0) is 24.3 Å². The molecule has 0 fully saturated rings. The number of anilines is 1. The summed E-state index contributed by atoms with van der Waals surface area (Å²) in [6, 6.07) is 16.7. The Kier molecular flexibility index (Phi) is 4.41. The standard InChI is InChI=1S/C18H13ClFN3O/c19-13-5-3-6-15(8-13)24-18-17(22)9-14(10-21)23(18)11-12-4-1-2-7-16(12)20/h1-9H,11,22H2. The predicted molar refractivity (Wildman–Crippen MR) is 90.6 cm³/mol. The fraction of sp³-hybridized carbons (Fsp3) is 0.0556. The largest absolute Gasteiger partial charge is 0.439 e. The minimum Gasteiger partial charge on any atom is -0.439 e. The molecule has 0 saturated carbocycles. The zero-order valence-corrected chi connectivity index (χ0v) is 13.3. The minimum atomic E-state index is -0.359. The highest BCUT2D eigenvalue weighted by Crippen LogP contribution is 2.33. The number of hydrogen-bond donors (Lipinski definition) is 1. The maximum absolute atomic E-state index is 13.9. The normalized spacial score (nSPS) is 10.4. The molecule has 0 saturated heterocycles. The van der Waals surface area contributed by atoms with Gasteiger partial charge in [-0.25, -0.2) is 4.39 Å². The number of rotatable bonds is 4. The average molecular weight is 342 g/mol. The van der Waals surface area contributed by atoms with Gasteiger partial charge < -0.3 is 10.5 Å². The highest BCUT2D eigenvalue weighted by Gasteiger charge is 2.17. The van der Waals surface area contributed by atoms with Gasteiger partial charge in [0, 0.05) is 16.7 Å². The van der Waals surface area contributed by atoms with Crippen LogP contribution in [-0.4, -0.2) is 4.57 Å². The van der Waals surface area contributed by atoms with Crippen molar-refractivity contribution >= 4 is 17.3 Å². The molecule has 3 rings (SSSR count). The number of aromatic nitrogens is 1. The molecule has 0 atom stereocenters. The van der Waals surface area contributed by atoms with Crippen LogP contribution in [0.4, 0.5) is 10.1 Å². The Hall–Kier alpha value is -2.97. The average Bonchev–Trinajstić information content (AvgIpc) is 2.85. The summed E-state index contributed by atoms with van der Waals surface area (Å²) in [4.78, 5) is 0. The summed E-state index contributed by atoms with van der Waals surface area (Å²) in [5.41, 5.74) is 6.98. The molecule has 0 spiro atoms. The number of nitriles is 1. The number of benzene rings is 2. The molecule has 2 aromatic carbocycles. The first kappa shape index (κ1) is 15.9. The van der Waals surface area contributed by atoms with Gasteiger partial charge >= 0.3 is 0 Å². The Morgan fingerprint density at radius 2 is 1.96 bits per heavy atom. The Morgan fingerprint density at radius 3 is 2.67 bits per heavy atom. The van der Waals surface area contributed by atoms with Crippen LogP contribution in [0.25, 0.3) is 0 Å². The van der Waals surface area contributed by atoms with Crippen LogP contribution in [0.1, 0.15) is 11.3 Å². The zero-order valence-electron chi connectivity index (χ0n) is 12.5. The number of nitrogen functional groups attached to an aromatic ring is 1. The van der Waals surface area contributed by atoms with E-state index in [1.165, 1.54) is 16.7 Å². The maximum atomic E-state index is 13.9. The van der Waals surface area contributed by atoms with Crippen molar-refractivity contribution in [3.63, 3.8) is 0 Å². The molecule has 3 aromatic rings. The number of hydrogen-bond acceptors (Lipinski definition) is 3. The van der Waals surface area contributed by atoms with Crippen molar-refractivity contribution in [2.45, 2.75) is 6.54 Å². The van der Waals surface area contributed by atoms with Crippen molar-refractivity contribution < 1.29 is 9.13 Å². The fourth-order valence-corrected chi connectivity index (χ4v) is 2.54. The molecule has 1 heterocycles. The summed E-state index contributed by atoms with van der Waals surface area (Å²) in [5, 5.41) is 9.83. The topological polar surface area (TPSA) is 64.0 Å². The Morgan fingerprint density at radius 1 is 1.17 bits per heavy atom. The van der Waals surface area contributed by atoms with E-state index in [1.54, 1.807) is 42.5 Å². The second kappa shape index (κ2) is 6.65. The molecule has 0 unspecified atom stereocenters. The first-order chi connectivity index (χ1) is 11.6.